The number of carboxylic acid groups (broad SMARTS) is 1. The zero-order valence-electron chi connectivity index (χ0n) is 16.1. The number of aliphatic carboxylic acids is 1. The molecule has 2 fully saturated rings. The van der Waals surface area contributed by atoms with Crippen molar-refractivity contribution in [1.82, 2.24) is 4.98 Å². The highest BCUT2D eigenvalue weighted by molar-refractivity contribution is 5.67. The predicted octanol–water partition coefficient (Wildman–Crippen LogP) is 4.65. The number of benzene rings is 1. The van der Waals surface area contributed by atoms with E-state index in [2.05, 4.69) is 4.98 Å². The Balaban J connectivity index is 1.50. The van der Waals surface area contributed by atoms with Crippen LogP contribution in [0.4, 0.5) is 14.5 Å². The second-order valence-electron chi connectivity index (χ2n) is 7.85. The number of nitrogens with zero attached hydrogens (tertiary/aromatic N) is 2. The van der Waals surface area contributed by atoms with Gasteiger partial charge in [-0.15, -0.1) is 0 Å². The zero-order chi connectivity index (χ0) is 20.4. The van der Waals surface area contributed by atoms with Gasteiger partial charge in [0.1, 0.15) is 23.4 Å². The van der Waals surface area contributed by atoms with E-state index in [9.17, 15) is 13.6 Å². The Hall–Kier alpha value is -2.70. The maximum Gasteiger partial charge on any atom is 0.303 e. The Morgan fingerprint density at radius 1 is 1.14 bits per heavy atom. The number of carboxylic acids is 1. The molecule has 4 rings (SSSR count). The Morgan fingerprint density at radius 3 is 2.41 bits per heavy atom. The molecule has 1 aromatic heterocycles. The molecule has 1 aliphatic carbocycles. The maximum absolute atomic E-state index is 14.8. The Kier molecular flexibility index (Phi) is 5.65. The van der Waals surface area contributed by atoms with Crippen LogP contribution in [0.2, 0.25) is 0 Å². The van der Waals surface area contributed by atoms with Crippen molar-refractivity contribution < 1.29 is 23.4 Å². The van der Waals surface area contributed by atoms with E-state index in [1.54, 1.807) is 23.1 Å². The number of hydrogen-bond acceptors (Lipinski definition) is 4. The summed E-state index contributed by atoms with van der Waals surface area (Å²) in [7, 11) is 0. The number of aromatic nitrogens is 1. The van der Waals surface area contributed by atoms with E-state index in [0.29, 0.717) is 43.1 Å². The highest BCUT2D eigenvalue weighted by Gasteiger charge is 2.26. The summed E-state index contributed by atoms with van der Waals surface area (Å²) in [5.74, 6) is -1.58. The number of anilines is 1. The fourth-order valence-electron chi connectivity index (χ4n) is 3.92. The standard InChI is InChI=1S/C22H24F2N2O3/c23-17-12-15(19-5-2-6-20(25-19)29-16-3-1-4-16)13-18(24)22(17)26-9-7-14(8-10-26)11-21(27)28/h2,5-6,12-14,16H,1,3-4,7-11H2,(H,27,28). The third-order valence-electron chi connectivity index (χ3n) is 5.77. The van der Waals surface area contributed by atoms with E-state index < -0.39 is 17.6 Å². The van der Waals surface area contributed by atoms with Gasteiger partial charge in [-0.05, 0) is 56.2 Å². The number of rotatable bonds is 6. The van der Waals surface area contributed by atoms with Crippen LogP contribution >= 0.6 is 0 Å². The second-order valence-corrected chi connectivity index (χ2v) is 7.85. The minimum atomic E-state index is -0.832. The number of hydrogen-bond donors (Lipinski definition) is 1. The van der Waals surface area contributed by atoms with Gasteiger partial charge < -0.3 is 14.7 Å². The summed E-state index contributed by atoms with van der Waals surface area (Å²) in [6.07, 6.45) is 4.65. The molecule has 0 unspecified atom stereocenters. The van der Waals surface area contributed by atoms with Gasteiger partial charge in [0.05, 0.1) is 5.69 Å². The first-order chi connectivity index (χ1) is 14.0. The van der Waals surface area contributed by atoms with Gasteiger partial charge in [0.15, 0.2) is 0 Å². The number of halogens is 2. The topological polar surface area (TPSA) is 62.7 Å². The molecule has 154 valence electrons. The predicted molar refractivity (Wildman–Crippen MR) is 105 cm³/mol. The number of ether oxygens (including phenoxy) is 1. The first-order valence-electron chi connectivity index (χ1n) is 10.1. The first-order valence-corrected chi connectivity index (χ1v) is 10.1. The normalized spacial score (nSPS) is 17.8. The smallest absolute Gasteiger partial charge is 0.303 e. The molecule has 1 aromatic carbocycles. The van der Waals surface area contributed by atoms with Crippen molar-refractivity contribution in [1.29, 1.82) is 0 Å². The van der Waals surface area contributed by atoms with Crippen LogP contribution in [-0.4, -0.2) is 35.3 Å². The van der Waals surface area contributed by atoms with Gasteiger partial charge in [-0.1, -0.05) is 6.07 Å². The van der Waals surface area contributed by atoms with Gasteiger partial charge >= 0.3 is 5.97 Å². The average molecular weight is 402 g/mol. The molecule has 7 heteroatoms. The monoisotopic (exact) mass is 402 g/mol. The fourth-order valence-corrected chi connectivity index (χ4v) is 3.92. The van der Waals surface area contributed by atoms with E-state index in [1.807, 2.05) is 0 Å². The quantitative estimate of drug-likeness (QED) is 0.762. The van der Waals surface area contributed by atoms with Crippen molar-refractivity contribution >= 4 is 11.7 Å². The van der Waals surface area contributed by atoms with Crippen molar-refractivity contribution in [2.75, 3.05) is 18.0 Å². The molecule has 0 spiro atoms. The summed E-state index contributed by atoms with van der Waals surface area (Å²) in [6, 6.07) is 7.84. The largest absolute Gasteiger partial charge is 0.481 e. The summed E-state index contributed by atoms with van der Waals surface area (Å²) >= 11 is 0. The molecular weight excluding hydrogens is 378 g/mol. The van der Waals surface area contributed by atoms with Crippen LogP contribution in [-0.2, 0) is 4.79 Å². The lowest BCUT2D eigenvalue weighted by molar-refractivity contribution is -0.138. The fraction of sp³-hybridized carbons (Fsp3) is 0.455. The molecule has 0 radical (unpaired) electrons. The molecule has 29 heavy (non-hydrogen) atoms. The summed E-state index contributed by atoms with van der Waals surface area (Å²) in [4.78, 5) is 16.9. The van der Waals surface area contributed by atoms with Crippen LogP contribution < -0.4 is 9.64 Å². The van der Waals surface area contributed by atoms with E-state index in [1.165, 1.54) is 12.1 Å². The van der Waals surface area contributed by atoms with Gasteiger partial charge in [0.25, 0.3) is 0 Å². The van der Waals surface area contributed by atoms with E-state index >= 15 is 0 Å². The Morgan fingerprint density at radius 2 is 1.83 bits per heavy atom. The van der Waals surface area contributed by atoms with Gasteiger partial charge in [-0.25, -0.2) is 13.8 Å². The van der Waals surface area contributed by atoms with Crippen LogP contribution in [0.5, 0.6) is 5.88 Å². The minimum absolute atomic E-state index is 0.0515. The van der Waals surface area contributed by atoms with Crippen molar-refractivity contribution in [3.8, 4) is 17.1 Å². The van der Waals surface area contributed by atoms with Crippen LogP contribution in [0.1, 0.15) is 38.5 Å². The molecule has 2 heterocycles. The van der Waals surface area contributed by atoms with Gasteiger partial charge in [0, 0.05) is 31.1 Å². The third kappa shape index (κ3) is 4.49. The van der Waals surface area contributed by atoms with Crippen LogP contribution in [0.25, 0.3) is 11.3 Å². The summed E-state index contributed by atoms with van der Waals surface area (Å²) in [5, 5.41) is 8.91. The summed E-state index contributed by atoms with van der Waals surface area (Å²) in [6.45, 7) is 0.877. The summed E-state index contributed by atoms with van der Waals surface area (Å²) < 4.78 is 35.4. The molecule has 2 aromatic rings. The molecule has 0 amide bonds. The van der Waals surface area contributed by atoms with Gasteiger partial charge in [-0.3, -0.25) is 4.79 Å². The maximum atomic E-state index is 14.8. The molecule has 5 nitrogen and oxygen atoms in total. The van der Waals surface area contributed by atoms with Crippen molar-refractivity contribution in [3.63, 3.8) is 0 Å². The highest BCUT2D eigenvalue weighted by Crippen LogP contribution is 2.33. The second kappa shape index (κ2) is 8.35. The zero-order valence-corrected chi connectivity index (χ0v) is 16.1. The number of carbonyl (C=O) groups is 1. The lowest BCUT2D eigenvalue weighted by Crippen LogP contribution is -2.35. The number of pyridine rings is 1. The van der Waals surface area contributed by atoms with E-state index in [4.69, 9.17) is 9.84 Å². The first kappa shape index (κ1) is 19.6. The Labute approximate surface area is 168 Å². The van der Waals surface area contributed by atoms with Crippen LogP contribution in [0.3, 0.4) is 0 Å². The molecule has 0 bridgehead atoms. The minimum Gasteiger partial charge on any atom is -0.481 e. The van der Waals surface area contributed by atoms with Crippen LogP contribution in [0, 0.1) is 17.6 Å². The lowest BCUT2D eigenvalue weighted by atomic mass is 9.93. The molecular formula is C22H24F2N2O3. The van der Waals surface area contributed by atoms with Gasteiger partial charge in [0.2, 0.25) is 5.88 Å². The SMILES string of the molecule is O=C(O)CC1CCN(c2c(F)cc(-c3cccc(OC4CCC4)n3)cc2F)CC1. The molecule has 1 saturated carbocycles. The van der Waals surface area contributed by atoms with Crippen LogP contribution in [0.15, 0.2) is 30.3 Å². The molecule has 1 saturated heterocycles. The summed E-state index contributed by atoms with van der Waals surface area (Å²) in [5.41, 5.74) is 0.777. The van der Waals surface area contributed by atoms with E-state index in [0.717, 1.165) is 19.3 Å². The van der Waals surface area contributed by atoms with Crippen molar-refractivity contribution in [2.45, 2.75) is 44.6 Å². The van der Waals surface area contributed by atoms with Gasteiger partial charge in [-0.2, -0.15) is 0 Å². The molecule has 0 atom stereocenters. The molecule has 1 N–H and O–H groups in total. The lowest BCUT2D eigenvalue weighted by Gasteiger charge is -2.33. The Bertz CT molecular complexity index is 870. The van der Waals surface area contributed by atoms with Crippen molar-refractivity contribution in [3.05, 3.63) is 42.0 Å². The third-order valence-corrected chi connectivity index (χ3v) is 5.77. The van der Waals surface area contributed by atoms with Crippen molar-refractivity contribution in [2.24, 2.45) is 5.92 Å². The van der Waals surface area contributed by atoms with E-state index in [-0.39, 0.29) is 24.1 Å². The molecule has 2 aliphatic rings. The number of piperidine rings is 1. The highest BCUT2D eigenvalue weighted by atomic mass is 19.1. The average Bonchev–Trinajstić information content (AvgIpc) is 2.65. The molecule has 1 aliphatic heterocycles.